The third-order valence-electron chi connectivity index (χ3n) is 7.88. The Balaban J connectivity index is 1.39. The Labute approximate surface area is 175 Å². The summed E-state index contributed by atoms with van der Waals surface area (Å²) in [6.07, 6.45) is 8.54. The van der Waals surface area contributed by atoms with Gasteiger partial charge in [-0.3, -0.25) is 0 Å². The third-order valence-corrected chi connectivity index (χ3v) is 8.54. The summed E-state index contributed by atoms with van der Waals surface area (Å²) < 4.78 is 57.9. The van der Waals surface area contributed by atoms with E-state index in [1.165, 1.54) is 18.6 Å². The van der Waals surface area contributed by atoms with Crippen molar-refractivity contribution < 1.29 is 31.6 Å². The van der Waals surface area contributed by atoms with E-state index in [1.807, 2.05) is 6.08 Å². The van der Waals surface area contributed by atoms with Gasteiger partial charge in [-0.15, -0.1) is 0 Å². The van der Waals surface area contributed by atoms with Gasteiger partial charge < -0.3 is 14.0 Å². The molecule has 0 aliphatic heterocycles. The molecule has 2 spiro atoms. The van der Waals surface area contributed by atoms with Gasteiger partial charge in [-0.25, -0.2) is 17.6 Å². The smallest absolute Gasteiger partial charge is 0.338 e. The molecule has 8 heteroatoms. The van der Waals surface area contributed by atoms with Crippen LogP contribution in [0.1, 0.15) is 48.9 Å². The number of benzene rings is 1. The SMILES string of the molecule is C=CC1(Oc2cc(C(=O)OCCS(=O)(=O)[O-])ccc2F)C2CC3CC4(C2)CC1(C3)C4. The number of ether oxygens (including phenoxy) is 2. The molecular formula is C22H24FO6S-. The molecule has 7 saturated carbocycles. The van der Waals surface area contributed by atoms with Gasteiger partial charge in [0.05, 0.1) is 21.4 Å². The number of hydrogen-bond donors (Lipinski definition) is 0. The van der Waals surface area contributed by atoms with E-state index < -0.39 is 39.9 Å². The van der Waals surface area contributed by atoms with Gasteiger partial charge in [0.15, 0.2) is 11.6 Å². The van der Waals surface area contributed by atoms with Gasteiger partial charge in [-0.05, 0) is 74.1 Å². The number of carbonyl (C=O) groups is 1. The van der Waals surface area contributed by atoms with Gasteiger partial charge in [-0.1, -0.05) is 6.58 Å². The van der Waals surface area contributed by atoms with Crippen molar-refractivity contribution in [2.45, 2.75) is 44.1 Å². The minimum Gasteiger partial charge on any atom is -0.748 e. The standard InChI is InChI=1S/C22H25FO6S/c1-2-22(16-7-14-9-20(11-16)12-21(22,10-14)13-20)29-18-8-15(3-4-17(18)23)19(24)28-5-6-30(25,26)27/h2-4,8,14,16H,1,5-7,9-13H2,(H,25,26,27)/p-1. The first kappa shape index (κ1) is 20.0. The average Bonchev–Trinajstić information content (AvgIpc) is 2.63. The van der Waals surface area contributed by atoms with Crippen LogP contribution in [0.2, 0.25) is 0 Å². The quantitative estimate of drug-likeness (QED) is 0.370. The maximum Gasteiger partial charge on any atom is 0.338 e. The predicted molar refractivity (Wildman–Crippen MR) is 104 cm³/mol. The zero-order chi connectivity index (χ0) is 21.4. The lowest BCUT2D eigenvalue weighted by molar-refractivity contribution is -0.304. The van der Waals surface area contributed by atoms with Gasteiger partial charge in [0.1, 0.15) is 12.2 Å². The topological polar surface area (TPSA) is 92.7 Å². The molecule has 3 unspecified atom stereocenters. The van der Waals surface area contributed by atoms with Crippen molar-refractivity contribution in [1.29, 1.82) is 0 Å². The van der Waals surface area contributed by atoms with Crippen LogP contribution in [-0.4, -0.2) is 36.9 Å². The van der Waals surface area contributed by atoms with Crippen molar-refractivity contribution in [2.24, 2.45) is 22.7 Å². The maximum absolute atomic E-state index is 14.7. The van der Waals surface area contributed by atoms with E-state index >= 15 is 0 Å². The fourth-order valence-corrected chi connectivity index (χ4v) is 7.62. The van der Waals surface area contributed by atoms with Crippen molar-refractivity contribution in [2.75, 3.05) is 12.4 Å². The van der Waals surface area contributed by atoms with E-state index in [9.17, 15) is 22.2 Å². The van der Waals surface area contributed by atoms with Gasteiger partial charge in [0.2, 0.25) is 0 Å². The second-order valence-electron chi connectivity index (χ2n) is 9.69. The van der Waals surface area contributed by atoms with E-state index in [1.54, 1.807) is 0 Å². The van der Waals surface area contributed by atoms with Gasteiger partial charge in [0.25, 0.3) is 0 Å². The number of esters is 1. The molecule has 30 heavy (non-hydrogen) atoms. The monoisotopic (exact) mass is 435 g/mol. The third kappa shape index (κ3) is 2.83. The molecule has 162 valence electrons. The molecule has 0 aromatic heterocycles. The van der Waals surface area contributed by atoms with E-state index in [-0.39, 0.29) is 16.7 Å². The van der Waals surface area contributed by atoms with Crippen LogP contribution >= 0.6 is 0 Å². The van der Waals surface area contributed by atoms with Crippen LogP contribution in [0.15, 0.2) is 30.9 Å². The summed E-state index contributed by atoms with van der Waals surface area (Å²) in [5, 5.41) is 0. The summed E-state index contributed by atoms with van der Waals surface area (Å²) in [5.41, 5.74) is -0.177. The van der Waals surface area contributed by atoms with Crippen LogP contribution in [0.4, 0.5) is 4.39 Å². The second-order valence-corrected chi connectivity index (χ2v) is 11.2. The molecule has 4 bridgehead atoms. The predicted octanol–water partition coefficient (Wildman–Crippen LogP) is 3.43. The van der Waals surface area contributed by atoms with Crippen LogP contribution in [0.5, 0.6) is 5.75 Å². The molecule has 7 aliphatic rings. The first-order chi connectivity index (χ1) is 14.1. The average molecular weight is 435 g/mol. The van der Waals surface area contributed by atoms with Crippen molar-refractivity contribution >= 4 is 16.1 Å². The molecule has 1 aromatic rings. The van der Waals surface area contributed by atoms with Crippen LogP contribution in [-0.2, 0) is 14.9 Å². The highest BCUT2D eigenvalue weighted by molar-refractivity contribution is 7.85. The van der Waals surface area contributed by atoms with Crippen LogP contribution in [0.25, 0.3) is 0 Å². The lowest BCUT2D eigenvalue weighted by Gasteiger charge is -2.78. The zero-order valence-electron chi connectivity index (χ0n) is 16.6. The fraction of sp³-hybridized carbons (Fsp3) is 0.591. The zero-order valence-corrected chi connectivity index (χ0v) is 17.4. The normalized spacial score (nSPS) is 38.1. The lowest BCUT2D eigenvalue weighted by atomic mass is 9.28. The second kappa shape index (κ2) is 6.29. The van der Waals surface area contributed by atoms with E-state index in [2.05, 4.69) is 6.58 Å². The molecule has 7 aliphatic carbocycles. The maximum atomic E-state index is 14.7. The first-order valence-electron chi connectivity index (χ1n) is 10.3. The van der Waals surface area contributed by atoms with Gasteiger partial charge in [0, 0.05) is 11.3 Å². The van der Waals surface area contributed by atoms with E-state index in [0.717, 1.165) is 38.2 Å². The molecule has 0 amide bonds. The molecular weight excluding hydrogens is 411 g/mol. The molecule has 7 fully saturated rings. The summed E-state index contributed by atoms with van der Waals surface area (Å²) in [5.74, 6) is -1.23. The Hall–Kier alpha value is -1.93. The summed E-state index contributed by atoms with van der Waals surface area (Å²) in [6.45, 7) is 3.52. The fourth-order valence-electron chi connectivity index (χ4n) is 7.33. The highest BCUT2D eigenvalue weighted by Gasteiger charge is 2.77. The molecule has 0 heterocycles. The Morgan fingerprint density at radius 2 is 2.07 bits per heavy atom. The number of hydrogen-bond acceptors (Lipinski definition) is 6. The molecule has 0 saturated heterocycles. The number of halogens is 1. The molecule has 0 radical (unpaired) electrons. The molecule has 0 N–H and O–H groups in total. The minimum absolute atomic E-state index is 0.00965. The molecule has 6 nitrogen and oxygen atoms in total. The van der Waals surface area contributed by atoms with Crippen LogP contribution in [0.3, 0.4) is 0 Å². The number of rotatable bonds is 7. The van der Waals surface area contributed by atoms with Gasteiger partial charge in [-0.2, -0.15) is 0 Å². The van der Waals surface area contributed by atoms with E-state index in [0.29, 0.717) is 17.3 Å². The highest BCUT2D eigenvalue weighted by Crippen LogP contribution is 2.81. The minimum atomic E-state index is -4.48. The molecule has 3 atom stereocenters. The highest BCUT2D eigenvalue weighted by atomic mass is 32.2. The van der Waals surface area contributed by atoms with Crippen molar-refractivity contribution in [3.8, 4) is 5.75 Å². The van der Waals surface area contributed by atoms with Crippen LogP contribution < -0.4 is 4.74 Å². The van der Waals surface area contributed by atoms with Gasteiger partial charge >= 0.3 is 5.97 Å². The lowest BCUT2D eigenvalue weighted by Crippen LogP contribution is -2.76. The Morgan fingerprint density at radius 3 is 2.70 bits per heavy atom. The Morgan fingerprint density at radius 1 is 1.30 bits per heavy atom. The van der Waals surface area contributed by atoms with Crippen molar-refractivity contribution in [1.82, 2.24) is 0 Å². The molecule has 1 aromatic carbocycles. The largest absolute Gasteiger partial charge is 0.748 e. The number of carbonyl (C=O) groups excluding carboxylic acids is 1. The van der Waals surface area contributed by atoms with Crippen molar-refractivity contribution in [3.05, 3.63) is 42.2 Å². The molecule has 8 rings (SSSR count). The van der Waals surface area contributed by atoms with E-state index in [4.69, 9.17) is 9.47 Å². The summed E-state index contributed by atoms with van der Waals surface area (Å²) >= 11 is 0. The summed E-state index contributed by atoms with van der Waals surface area (Å²) in [7, 11) is -4.48. The van der Waals surface area contributed by atoms with Crippen molar-refractivity contribution in [3.63, 3.8) is 0 Å². The summed E-state index contributed by atoms with van der Waals surface area (Å²) in [4.78, 5) is 12.2. The summed E-state index contributed by atoms with van der Waals surface area (Å²) in [6, 6.07) is 3.69. The Bertz CT molecular complexity index is 1020. The first-order valence-corrected chi connectivity index (χ1v) is 11.9. The Kier molecular flexibility index (Phi) is 4.20. The van der Waals surface area contributed by atoms with Crippen LogP contribution in [0, 0.1) is 28.5 Å².